The highest BCUT2D eigenvalue weighted by molar-refractivity contribution is 7.13. The molecule has 0 saturated carbocycles. The molecule has 0 unspecified atom stereocenters. The van der Waals surface area contributed by atoms with Gasteiger partial charge in [0.1, 0.15) is 11.6 Å². The van der Waals surface area contributed by atoms with Gasteiger partial charge in [-0.2, -0.15) is 0 Å². The highest BCUT2D eigenvalue weighted by Crippen LogP contribution is 2.32. The first-order chi connectivity index (χ1) is 11.7. The molecule has 0 radical (unpaired) electrons. The number of H-pyrrole nitrogens is 1. The van der Waals surface area contributed by atoms with Crippen LogP contribution >= 0.6 is 11.3 Å². The van der Waals surface area contributed by atoms with E-state index in [0.29, 0.717) is 16.8 Å². The number of nitrogens with two attached hydrogens (primary N) is 1. The molecule has 4 aromatic rings. The van der Waals surface area contributed by atoms with Crippen LogP contribution in [0.1, 0.15) is 0 Å². The van der Waals surface area contributed by atoms with E-state index < -0.39 is 0 Å². The van der Waals surface area contributed by atoms with Crippen molar-refractivity contribution in [3.8, 4) is 11.3 Å². The summed E-state index contributed by atoms with van der Waals surface area (Å²) in [6.45, 7) is 0. The van der Waals surface area contributed by atoms with Crippen LogP contribution in [0.5, 0.6) is 0 Å². The molecular weight excluding hydrogens is 325 g/mol. The molecular formula is C17H12FN5S. The normalized spacial score (nSPS) is 11.5. The smallest absolute Gasteiger partial charge is 0.230 e. The fourth-order valence-corrected chi connectivity index (χ4v) is 3.07. The summed E-state index contributed by atoms with van der Waals surface area (Å²) in [5, 5.41) is 12.6. The Hall–Kier alpha value is -3.06. The topological polar surface area (TPSA) is 79.4 Å². The van der Waals surface area contributed by atoms with Crippen molar-refractivity contribution in [2.75, 3.05) is 5.73 Å². The van der Waals surface area contributed by atoms with Gasteiger partial charge in [-0.3, -0.25) is 0 Å². The van der Waals surface area contributed by atoms with Crippen LogP contribution < -0.4 is 5.73 Å². The first-order valence-corrected chi connectivity index (χ1v) is 8.08. The average molecular weight is 337 g/mol. The number of aromatic nitrogens is 2. The number of nitrogens with zero attached hydrogens (tertiary/aromatic N) is 3. The third-order valence-corrected chi connectivity index (χ3v) is 4.32. The molecule has 0 aliphatic heterocycles. The van der Waals surface area contributed by atoms with Crippen molar-refractivity contribution >= 4 is 38.9 Å². The summed E-state index contributed by atoms with van der Waals surface area (Å²) in [6.07, 6.45) is 0. The van der Waals surface area contributed by atoms with Crippen molar-refractivity contribution in [1.29, 1.82) is 0 Å². The molecule has 4 rings (SSSR count). The van der Waals surface area contributed by atoms with Gasteiger partial charge in [0, 0.05) is 21.7 Å². The molecule has 2 heterocycles. The van der Waals surface area contributed by atoms with E-state index in [1.165, 1.54) is 23.5 Å². The zero-order valence-corrected chi connectivity index (χ0v) is 13.2. The maximum atomic E-state index is 13.0. The molecule has 118 valence electrons. The van der Waals surface area contributed by atoms with E-state index in [-0.39, 0.29) is 5.82 Å². The molecule has 0 aliphatic rings. The molecule has 0 aliphatic carbocycles. The van der Waals surface area contributed by atoms with Crippen LogP contribution in [-0.2, 0) is 0 Å². The number of anilines is 1. The number of fused-ring (bicyclic) bond motifs is 1. The van der Waals surface area contributed by atoms with Crippen molar-refractivity contribution in [1.82, 2.24) is 9.97 Å². The van der Waals surface area contributed by atoms with Crippen LogP contribution in [0.2, 0.25) is 0 Å². The van der Waals surface area contributed by atoms with Crippen LogP contribution in [0.4, 0.5) is 21.2 Å². The Morgan fingerprint density at radius 1 is 1.00 bits per heavy atom. The molecule has 24 heavy (non-hydrogen) atoms. The quantitative estimate of drug-likeness (QED) is 0.489. The predicted octanol–water partition coefficient (Wildman–Crippen LogP) is 5.43. The van der Waals surface area contributed by atoms with Crippen LogP contribution in [0.25, 0.3) is 22.0 Å². The zero-order chi connectivity index (χ0) is 16.5. The number of benzene rings is 2. The minimum absolute atomic E-state index is 0.273. The van der Waals surface area contributed by atoms with E-state index in [1.54, 1.807) is 12.1 Å². The average Bonchev–Trinajstić information content (AvgIpc) is 3.19. The van der Waals surface area contributed by atoms with Gasteiger partial charge in [-0.1, -0.05) is 24.3 Å². The zero-order valence-electron chi connectivity index (χ0n) is 12.4. The van der Waals surface area contributed by atoms with Gasteiger partial charge in [-0.05, 0) is 24.3 Å². The van der Waals surface area contributed by atoms with Gasteiger partial charge in [0.05, 0.1) is 5.69 Å². The number of nitrogens with one attached hydrogen (secondary N) is 1. The first-order valence-electron chi connectivity index (χ1n) is 7.20. The summed E-state index contributed by atoms with van der Waals surface area (Å²) in [5.41, 5.74) is 7.51. The van der Waals surface area contributed by atoms with E-state index in [1.807, 2.05) is 29.6 Å². The number of aromatic amines is 1. The standard InChI is InChI=1S/C17H12FN5S/c18-11-7-5-10(6-8-11)14-9-24-17(20-14)23-22-16-13-4-2-1-3-12(13)15(19)21-16/h1-9,21H,19H2/b23-22+. The summed E-state index contributed by atoms with van der Waals surface area (Å²) in [7, 11) is 0. The van der Waals surface area contributed by atoms with E-state index in [2.05, 4.69) is 20.2 Å². The molecule has 2 aromatic carbocycles. The minimum atomic E-state index is -0.273. The highest BCUT2D eigenvalue weighted by atomic mass is 32.1. The van der Waals surface area contributed by atoms with Crippen LogP contribution in [0.3, 0.4) is 0 Å². The first kappa shape index (κ1) is 14.5. The summed E-state index contributed by atoms with van der Waals surface area (Å²) < 4.78 is 13.0. The summed E-state index contributed by atoms with van der Waals surface area (Å²) in [5.74, 6) is 0.887. The fourth-order valence-electron chi connectivity index (χ4n) is 2.42. The van der Waals surface area contributed by atoms with E-state index in [4.69, 9.17) is 5.73 Å². The Kier molecular flexibility index (Phi) is 3.55. The van der Waals surface area contributed by atoms with Gasteiger partial charge in [0.15, 0.2) is 5.82 Å². The lowest BCUT2D eigenvalue weighted by Gasteiger charge is -1.94. The van der Waals surface area contributed by atoms with Gasteiger partial charge >= 0.3 is 0 Å². The Bertz CT molecular complexity index is 1030. The van der Waals surface area contributed by atoms with E-state index in [9.17, 15) is 4.39 Å². The summed E-state index contributed by atoms with van der Waals surface area (Å²) in [4.78, 5) is 7.42. The maximum Gasteiger partial charge on any atom is 0.230 e. The monoisotopic (exact) mass is 337 g/mol. The largest absolute Gasteiger partial charge is 0.385 e. The van der Waals surface area contributed by atoms with Crippen molar-refractivity contribution in [3.63, 3.8) is 0 Å². The number of halogens is 1. The molecule has 0 bridgehead atoms. The Balaban J connectivity index is 1.63. The highest BCUT2D eigenvalue weighted by Gasteiger charge is 2.08. The lowest BCUT2D eigenvalue weighted by molar-refractivity contribution is 0.628. The lowest BCUT2D eigenvalue weighted by Crippen LogP contribution is -1.82. The van der Waals surface area contributed by atoms with Gasteiger partial charge in [-0.15, -0.1) is 21.6 Å². The molecule has 0 atom stereocenters. The lowest BCUT2D eigenvalue weighted by atomic mass is 10.2. The molecule has 2 aromatic heterocycles. The number of hydrogen-bond acceptors (Lipinski definition) is 5. The Morgan fingerprint density at radius 3 is 2.54 bits per heavy atom. The number of rotatable bonds is 3. The number of azo groups is 1. The fraction of sp³-hybridized carbons (Fsp3) is 0. The van der Waals surface area contributed by atoms with E-state index >= 15 is 0 Å². The molecule has 0 saturated heterocycles. The van der Waals surface area contributed by atoms with E-state index in [0.717, 1.165) is 22.0 Å². The Morgan fingerprint density at radius 2 is 1.75 bits per heavy atom. The van der Waals surface area contributed by atoms with Gasteiger partial charge in [-0.25, -0.2) is 9.37 Å². The SMILES string of the molecule is Nc1[nH]c(/N=N/c2nc(-c3ccc(F)cc3)cs2)c2ccccc12. The third kappa shape index (κ3) is 2.65. The Labute approximate surface area is 140 Å². The van der Waals surface area contributed by atoms with Crippen molar-refractivity contribution in [2.24, 2.45) is 10.2 Å². The molecule has 7 heteroatoms. The van der Waals surface area contributed by atoms with Gasteiger partial charge in [0.25, 0.3) is 0 Å². The van der Waals surface area contributed by atoms with Crippen molar-refractivity contribution < 1.29 is 4.39 Å². The molecule has 3 N–H and O–H groups in total. The second-order valence-corrected chi connectivity index (χ2v) is 5.99. The van der Waals surface area contributed by atoms with Crippen LogP contribution in [0, 0.1) is 5.82 Å². The van der Waals surface area contributed by atoms with Gasteiger partial charge in [0.2, 0.25) is 5.13 Å². The maximum absolute atomic E-state index is 13.0. The third-order valence-electron chi connectivity index (χ3n) is 3.59. The molecule has 0 amide bonds. The minimum Gasteiger partial charge on any atom is -0.385 e. The molecule has 0 spiro atoms. The van der Waals surface area contributed by atoms with Crippen LogP contribution in [-0.4, -0.2) is 9.97 Å². The number of thiazole rings is 1. The number of nitrogen functional groups attached to an aromatic ring is 1. The molecule has 0 fully saturated rings. The summed E-state index contributed by atoms with van der Waals surface area (Å²) >= 11 is 1.37. The van der Waals surface area contributed by atoms with Crippen molar-refractivity contribution in [2.45, 2.75) is 0 Å². The number of hydrogen-bond donors (Lipinski definition) is 2. The predicted molar refractivity (Wildman–Crippen MR) is 94.4 cm³/mol. The second kappa shape index (κ2) is 5.86. The van der Waals surface area contributed by atoms with Crippen LogP contribution in [0.15, 0.2) is 64.1 Å². The molecule has 5 nitrogen and oxygen atoms in total. The van der Waals surface area contributed by atoms with Crippen molar-refractivity contribution in [3.05, 3.63) is 59.7 Å². The summed E-state index contributed by atoms with van der Waals surface area (Å²) in [6, 6.07) is 13.9. The second-order valence-electron chi connectivity index (χ2n) is 5.16. The van der Waals surface area contributed by atoms with Gasteiger partial charge < -0.3 is 10.7 Å².